The van der Waals surface area contributed by atoms with Crippen molar-refractivity contribution in [3.63, 3.8) is 0 Å². The fraction of sp³-hybridized carbons (Fsp3) is 0.125. The molecule has 0 radical (unpaired) electrons. The van der Waals surface area contributed by atoms with Crippen LogP contribution in [0.25, 0.3) is 22.1 Å². The lowest BCUT2D eigenvalue weighted by atomic mass is 10.0. The van der Waals surface area contributed by atoms with Crippen LogP contribution in [0.1, 0.15) is 27.4 Å². The molecular weight excluding hydrogens is 374 g/mol. The quantitative estimate of drug-likeness (QED) is 0.419. The number of aromatic nitrogens is 5. The second-order valence-corrected chi connectivity index (χ2v) is 7.26. The number of Topliss-reactive ketones (excluding diaryl/α,β-unsaturated/α-hetero) is 1. The van der Waals surface area contributed by atoms with Crippen LogP contribution in [0.3, 0.4) is 0 Å². The van der Waals surface area contributed by atoms with Crippen LogP contribution in [-0.2, 0) is 13.0 Å². The molecule has 0 unspecified atom stereocenters. The van der Waals surface area contributed by atoms with E-state index in [1.807, 2.05) is 55.5 Å². The van der Waals surface area contributed by atoms with E-state index in [1.165, 1.54) is 5.56 Å². The molecule has 30 heavy (non-hydrogen) atoms. The van der Waals surface area contributed by atoms with Crippen LogP contribution in [0.5, 0.6) is 0 Å². The number of nitrogens with zero attached hydrogens (tertiary/aromatic N) is 5. The van der Waals surface area contributed by atoms with E-state index < -0.39 is 0 Å². The first-order chi connectivity index (χ1) is 14.7. The van der Waals surface area contributed by atoms with Crippen molar-refractivity contribution >= 4 is 27.9 Å². The van der Waals surface area contributed by atoms with Gasteiger partial charge in [0.15, 0.2) is 5.78 Å². The maximum Gasteiger partial charge on any atom is 0.200 e. The summed E-state index contributed by atoms with van der Waals surface area (Å²) in [5, 5.41) is 9.48. The highest BCUT2D eigenvalue weighted by Crippen LogP contribution is 2.25. The van der Waals surface area contributed by atoms with Crippen molar-refractivity contribution in [3.05, 3.63) is 95.6 Å². The third-order valence-electron chi connectivity index (χ3n) is 5.22. The predicted octanol–water partition coefficient (Wildman–Crippen LogP) is 4.16. The number of pyridine rings is 1. The van der Waals surface area contributed by atoms with Crippen LogP contribution in [-0.4, -0.2) is 30.5 Å². The van der Waals surface area contributed by atoms with Crippen LogP contribution in [0.15, 0.2) is 72.9 Å². The van der Waals surface area contributed by atoms with E-state index in [-0.39, 0.29) is 12.2 Å². The Morgan fingerprint density at radius 1 is 0.967 bits per heavy atom. The predicted molar refractivity (Wildman–Crippen MR) is 115 cm³/mol. The van der Waals surface area contributed by atoms with Gasteiger partial charge in [0.25, 0.3) is 0 Å². The van der Waals surface area contributed by atoms with Gasteiger partial charge in [-0.25, -0.2) is 4.98 Å². The molecule has 6 nitrogen and oxygen atoms in total. The van der Waals surface area contributed by atoms with Crippen molar-refractivity contribution < 1.29 is 4.79 Å². The lowest BCUT2D eigenvalue weighted by molar-refractivity contribution is 0.0992. The van der Waals surface area contributed by atoms with Crippen LogP contribution in [0.4, 0.5) is 0 Å². The zero-order chi connectivity index (χ0) is 20.5. The Balaban J connectivity index is 1.61. The van der Waals surface area contributed by atoms with E-state index in [1.54, 1.807) is 12.3 Å². The lowest BCUT2D eigenvalue weighted by Gasteiger charge is -2.09. The van der Waals surface area contributed by atoms with Gasteiger partial charge in [-0.3, -0.25) is 9.78 Å². The summed E-state index contributed by atoms with van der Waals surface area (Å²) in [6.45, 7) is 2.64. The number of fused-ring (bicyclic) bond motifs is 3. The molecular formula is C24H19N5O. The molecule has 0 spiro atoms. The Morgan fingerprint density at radius 2 is 1.80 bits per heavy atom. The van der Waals surface area contributed by atoms with Crippen molar-refractivity contribution in [1.29, 1.82) is 0 Å². The largest absolute Gasteiger partial charge is 0.322 e. The van der Waals surface area contributed by atoms with Gasteiger partial charge in [-0.15, -0.1) is 10.2 Å². The summed E-state index contributed by atoms with van der Waals surface area (Å²) >= 11 is 0. The number of imidazole rings is 1. The van der Waals surface area contributed by atoms with Crippen LogP contribution in [0.2, 0.25) is 0 Å². The molecule has 0 N–H and O–H groups in total. The fourth-order valence-corrected chi connectivity index (χ4v) is 3.70. The summed E-state index contributed by atoms with van der Waals surface area (Å²) in [5.41, 5.74) is 4.79. The number of ketones is 1. The van der Waals surface area contributed by atoms with Crippen molar-refractivity contribution in [3.8, 4) is 0 Å². The third kappa shape index (κ3) is 3.33. The normalized spacial score (nSPS) is 11.2. The first-order valence-electron chi connectivity index (χ1n) is 9.79. The summed E-state index contributed by atoms with van der Waals surface area (Å²) in [6.07, 6.45) is 1.96. The maximum absolute atomic E-state index is 12.9. The first-order valence-corrected chi connectivity index (χ1v) is 9.79. The van der Waals surface area contributed by atoms with E-state index in [4.69, 9.17) is 0 Å². The molecule has 146 valence electrons. The highest BCUT2D eigenvalue weighted by Gasteiger charge is 2.16. The highest BCUT2D eigenvalue weighted by molar-refractivity contribution is 6.06. The highest BCUT2D eigenvalue weighted by atomic mass is 16.1. The first kappa shape index (κ1) is 18.1. The van der Waals surface area contributed by atoms with Crippen molar-refractivity contribution in [2.75, 3.05) is 0 Å². The van der Waals surface area contributed by atoms with Gasteiger partial charge >= 0.3 is 0 Å². The zero-order valence-corrected chi connectivity index (χ0v) is 16.5. The zero-order valence-electron chi connectivity index (χ0n) is 16.5. The molecule has 0 aliphatic heterocycles. The van der Waals surface area contributed by atoms with Crippen LogP contribution < -0.4 is 0 Å². The number of aryl methyl sites for hydroxylation is 1. The fourth-order valence-electron chi connectivity index (χ4n) is 3.70. The molecule has 0 bridgehead atoms. The molecule has 0 fully saturated rings. The minimum Gasteiger partial charge on any atom is -0.322 e. The van der Waals surface area contributed by atoms with Gasteiger partial charge in [-0.1, -0.05) is 36.4 Å². The Morgan fingerprint density at radius 3 is 2.60 bits per heavy atom. The second-order valence-electron chi connectivity index (χ2n) is 7.26. The van der Waals surface area contributed by atoms with Crippen molar-refractivity contribution in [2.45, 2.75) is 19.9 Å². The average Bonchev–Trinajstić information content (AvgIpc) is 3.10. The lowest BCUT2D eigenvalue weighted by Crippen LogP contribution is -2.06. The molecule has 0 aliphatic rings. The van der Waals surface area contributed by atoms with Gasteiger partial charge < -0.3 is 4.57 Å². The topological polar surface area (TPSA) is 73.6 Å². The van der Waals surface area contributed by atoms with Crippen LogP contribution >= 0.6 is 0 Å². The number of hydrogen-bond donors (Lipinski definition) is 0. The summed E-state index contributed by atoms with van der Waals surface area (Å²) < 4.78 is 2.13. The number of carbonyl (C=O) groups excluding carboxylic acids is 1. The molecule has 5 rings (SSSR count). The van der Waals surface area contributed by atoms with E-state index in [2.05, 4.69) is 36.9 Å². The van der Waals surface area contributed by atoms with Gasteiger partial charge in [0.05, 0.1) is 17.5 Å². The van der Waals surface area contributed by atoms with Gasteiger partial charge in [0.2, 0.25) is 5.65 Å². The molecule has 6 heteroatoms. The van der Waals surface area contributed by atoms with Gasteiger partial charge in [-0.2, -0.15) is 0 Å². The minimum absolute atomic E-state index is 0.0198. The Bertz CT molecular complexity index is 1360. The number of hydrogen-bond acceptors (Lipinski definition) is 5. The second kappa shape index (κ2) is 7.48. The standard InChI is InChI=1S/C24H19N5O/c1-16-26-24-23(29(16)15-17-7-3-2-4-8-17)20-13-18(10-11-21(20)27-28-24)22(30)14-19-9-5-6-12-25-19/h2-13H,14-15H2,1H3. The smallest absolute Gasteiger partial charge is 0.200 e. The summed E-state index contributed by atoms with van der Waals surface area (Å²) in [7, 11) is 0. The molecule has 0 amide bonds. The number of carbonyl (C=O) groups is 1. The van der Waals surface area contributed by atoms with Gasteiger partial charge in [0.1, 0.15) is 5.82 Å². The molecule has 0 atom stereocenters. The van der Waals surface area contributed by atoms with Crippen LogP contribution in [0, 0.1) is 6.92 Å². The Kier molecular flexibility index (Phi) is 4.52. The summed E-state index contributed by atoms with van der Waals surface area (Å²) in [6, 6.07) is 21.4. The average molecular weight is 393 g/mol. The Hall–Kier alpha value is -3.93. The summed E-state index contributed by atoms with van der Waals surface area (Å²) in [4.78, 5) is 21.7. The summed E-state index contributed by atoms with van der Waals surface area (Å²) in [5.74, 6) is 0.882. The molecule has 5 aromatic rings. The van der Waals surface area contributed by atoms with E-state index in [0.29, 0.717) is 17.8 Å². The molecule has 3 aromatic heterocycles. The van der Waals surface area contributed by atoms with Crippen molar-refractivity contribution in [1.82, 2.24) is 24.7 Å². The monoisotopic (exact) mass is 393 g/mol. The van der Waals surface area contributed by atoms with E-state index >= 15 is 0 Å². The van der Waals surface area contributed by atoms with E-state index in [0.717, 1.165) is 27.9 Å². The minimum atomic E-state index is 0.0198. The molecule has 0 aliphatic carbocycles. The molecule has 0 saturated carbocycles. The van der Waals surface area contributed by atoms with Crippen molar-refractivity contribution in [2.24, 2.45) is 0 Å². The third-order valence-corrected chi connectivity index (χ3v) is 5.22. The number of benzene rings is 2. The van der Waals surface area contributed by atoms with Gasteiger partial charge in [0, 0.05) is 29.4 Å². The molecule has 3 heterocycles. The van der Waals surface area contributed by atoms with Gasteiger partial charge in [-0.05, 0) is 42.8 Å². The maximum atomic E-state index is 12.9. The molecule has 2 aromatic carbocycles. The SMILES string of the molecule is Cc1nc2nnc3ccc(C(=O)Cc4ccccn4)cc3c2n1Cc1ccccc1. The number of rotatable bonds is 5. The molecule has 0 saturated heterocycles. The van der Waals surface area contributed by atoms with E-state index in [9.17, 15) is 4.79 Å². The Labute approximate surface area is 173 Å².